The number of aryl methyl sites for hydroxylation is 2. The number of alkyl halides is 3. The Labute approximate surface area is 166 Å². The van der Waals surface area contributed by atoms with Crippen LogP contribution in [0.3, 0.4) is 0 Å². The number of nitrogens with one attached hydrogen (secondary N) is 1. The van der Waals surface area contributed by atoms with Gasteiger partial charge in [-0.05, 0) is 41.4 Å². The van der Waals surface area contributed by atoms with Crippen molar-refractivity contribution in [2.75, 3.05) is 6.54 Å². The SMILES string of the molecule is Cc1cc(C(F)(F)F)nn1CCCNC(=O)c1ccn(Cn2cc(Br)cn2)n1. The second-order valence-corrected chi connectivity index (χ2v) is 7.00. The minimum Gasteiger partial charge on any atom is -0.351 e. The normalized spacial score (nSPS) is 11.8. The van der Waals surface area contributed by atoms with Crippen LogP contribution in [0.15, 0.2) is 35.2 Å². The fourth-order valence-electron chi connectivity index (χ4n) is 2.52. The van der Waals surface area contributed by atoms with Gasteiger partial charge in [-0.2, -0.15) is 28.5 Å². The number of hydrogen-bond acceptors (Lipinski definition) is 4. The summed E-state index contributed by atoms with van der Waals surface area (Å²) in [6.07, 6.45) is 1.07. The molecule has 0 bridgehead atoms. The summed E-state index contributed by atoms with van der Waals surface area (Å²) in [5.41, 5.74) is -0.243. The van der Waals surface area contributed by atoms with Crippen LogP contribution in [0.4, 0.5) is 13.2 Å². The topological polar surface area (TPSA) is 82.6 Å². The van der Waals surface area contributed by atoms with Crippen molar-refractivity contribution in [1.82, 2.24) is 34.7 Å². The van der Waals surface area contributed by atoms with Gasteiger partial charge in [-0.3, -0.25) is 14.2 Å². The summed E-state index contributed by atoms with van der Waals surface area (Å²) in [7, 11) is 0. The first-order valence-corrected chi connectivity index (χ1v) is 9.13. The van der Waals surface area contributed by atoms with E-state index in [2.05, 4.69) is 36.5 Å². The van der Waals surface area contributed by atoms with Crippen LogP contribution < -0.4 is 5.32 Å². The molecule has 1 amide bonds. The number of halogens is 4. The highest BCUT2D eigenvalue weighted by Gasteiger charge is 2.34. The third kappa shape index (κ3) is 5.00. The molecule has 0 aliphatic carbocycles. The van der Waals surface area contributed by atoms with Gasteiger partial charge in [0.2, 0.25) is 0 Å². The van der Waals surface area contributed by atoms with Gasteiger partial charge in [0.25, 0.3) is 5.91 Å². The number of amides is 1. The van der Waals surface area contributed by atoms with E-state index in [0.29, 0.717) is 25.3 Å². The quantitative estimate of drug-likeness (QED) is 0.550. The van der Waals surface area contributed by atoms with Crippen molar-refractivity contribution in [3.63, 3.8) is 0 Å². The van der Waals surface area contributed by atoms with Gasteiger partial charge in [0, 0.05) is 31.2 Å². The molecular formula is C16H17BrF3N7O. The van der Waals surface area contributed by atoms with E-state index in [1.54, 1.807) is 40.9 Å². The molecule has 28 heavy (non-hydrogen) atoms. The van der Waals surface area contributed by atoms with E-state index in [4.69, 9.17) is 0 Å². The van der Waals surface area contributed by atoms with Crippen LogP contribution in [0.1, 0.15) is 28.3 Å². The van der Waals surface area contributed by atoms with E-state index in [1.807, 2.05) is 0 Å². The molecule has 0 atom stereocenters. The summed E-state index contributed by atoms with van der Waals surface area (Å²) in [5, 5.41) is 14.5. The molecule has 3 heterocycles. The molecular weight excluding hydrogens is 443 g/mol. The van der Waals surface area contributed by atoms with Crippen LogP contribution in [0.25, 0.3) is 0 Å². The third-order valence-corrected chi connectivity index (χ3v) is 4.28. The summed E-state index contributed by atoms with van der Waals surface area (Å²) < 4.78 is 43.3. The highest BCUT2D eigenvalue weighted by atomic mass is 79.9. The lowest BCUT2D eigenvalue weighted by atomic mass is 10.3. The van der Waals surface area contributed by atoms with Crippen LogP contribution in [-0.2, 0) is 19.4 Å². The molecule has 3 aromatic rings. The molecule has 0 aromatic carbocycles. The lowest BCUT2D eigenvalue weighted by molar-refractivity contribution is -0.141. The van der Waals surface area contributed by atoms with Crippen molar-refractivity contribution < 1.29 is 18.0 Å². The standard InChI is InChI=1S/C16H17BrF3N7O/c1-11-7-14(16(18,19)20)24-27(11)5-2-4-21-15(28)13-3-6-25(23-13)10-26-9-12(17)8-22-26/h3,6-9H,2,4-5,10H2,1H3,(H,21,28). The molecule has 3 aromatic heterocycles. The Hall–Kier alpha value is -2.63. The number of carbonyl (C=O) groups excluding carboxylic acids is 1. The number of hydrogen-bond donors (Lipinski definition) is 1. The molecule has 12 heteroatoms. The maximum atomic E-state index is 12.7. The van der Waals surface area contributed by atoms with Crippen molar-refractivity contribution in [2.24, 2.45) is 0 Å². The second kappa shape index (κ2) is 8.17. The molecule has 0 unspecified atom stereocenters. The van der Waals surface area contributed by atoms with Gasteiger partial charge >= 0.3 is 6.18 Å². The van der Waals surface area contributed by atoms with Crippen LogP contribution in [0.2, 0.25) is 0 Å². The maximum Gasteiger partial charge on any atom is 0.435 e. The van der Waals surface area contributed by atoms with Gasteiger partial charge in [-0.25, -0.2) is 4.68 Å². The second-order valence-electron chi connectivity index (χ2n) is 6.08. The number of rotatable bonds is 7. The fourth-order valence-corrected chi connectivity index (χ4v) is 2.85. The predicted molar refractivity (Wildman–Crippen MR) is 96.5 cm³/mol. The van der Waals surface area contributed by atoms with Crippen molar-refractivity contribution in [3.05, 3.63) is 52.3 Å². The summed E-state index contributed by atoms with van der Waals surface area (Å²) >= 11 is 3.30. The van der Waals surface area contributed by atoms with Crippen LogP contribution in [0, 0.1) is 6.92 Å². The molecule has 150 valence electrons. The Morgan fingerprint density at radius 3 is 2.71 bits per heavy atom. The summed E-state index contributed by atoms with van der Waals surface area (Å²) in [4.78, 5) is 12.1. The number of carbonyl (C=O) groups is 1. The Morgan fingerprint density at radius 2 is 2.07 bits per heavy atom. The first-order chi connectivity index (χ1) is 13.2. The Kier molecular flexibility index (Phi) is 5.87. The summed E-state index contributed by atoms with van der Waals surface area (Å²) in [5.74, 6) is -0.353. The molecule has 0 aliphatic heterocycles. The van der Waals surface area contributed by atoms with Gasteiger partial charge in [0.05, 0.1) is 10.7 Å². The molecule has 0 saturated carbocycles. The highest BCUT2D eigenvalue weighted by Crippen LogP contribution is 2.28. The van der Waals surface area contributed by atoms with Gasteiger partial charge < -0.3 is 5.32 Å². The van der Waals surface area contributed by atoms with Crippen molar-refractivity contribution in [2.45, 2.75) is 32.7 Å². The Bertz CT molecular complexity index is 960. The molecule has 3 rings (SSSR count). The molecule has 0 radical (unpaired) electrons. The minimum atomic E-state index is -4.46. The average Bonchev–Trinajstić information content (AvgIpc) is 3.32. The molecule has 0 spiro atoms. The lowest BCUT2D eigenvalue weighted by Gasteiger charge is -2.06. The first kappa shape index (κ1) is 20.1. The molecule has 0 fully saturated rings. The van der Waals surface area contributed by atoms with E-state index in [0.717, 1.165) is 10.5 Å². The van der Waals surface area contributed by atoms with Gasteiger partial charge in [-0.1, -0.05) is 0 Å². The fraction of sp³-hybridized carbons (Fsp3) is 0.375. The van der Waals surface area contributed by atoms with Crippen LogP contribution in [-0.4, -0.2) is 41.8 Å². The van der Waals surface area contributed by atoms with E-state index in [9.17, 15) is 18.0 Å². The largest absolute Gasteiger partial charge is 0.435 e. The predicted octanol–water partition coefficient (Wildman–Crippen LogP) is 2.69. The zero-order valence-electron chi connectivity index (χ0n) is 14.8. The van der Waals surface area contributed by atoms with Crippen LogP contribution in [0.5, 0.6) is 0 Å². The minimum absolute atomic E-state index is 0.251. The molecule has 0 aliphatic rings. The average molecular weight is 460 g/mol. The zero-order chi connectivity index (χ0) is 20.3. The van der Waals surface area contributed by atoms with E-state index in [1.165, 1.54) is 4.68 Å². The number of aromatic nitrogens is 6. The lowest BCUT2D eigenvalue weighted by Crippen LogP contribution is -2.26. The monoisotopic (exact) mass is 459 g/mol. The van der Waals surface area contributed by atoms with Crippen molar-refractivity contribution >= 4 is 21.8 Å². The van der Waals surface area contributed by atoms with Crippen LogP contribution >= 0.6 is 15.9 Å². The van der Waals surface area contributed by atoms with Crippen molar-refractivity contribution in [3.8, 4) is 0 Å². The molecule has 8 nitrogen and oxygen atoms in total. The highest BCUT2D eigenvalue weighted by molar-refractivity contribution is 9.10. The van der Waals surface area contributed by atoms with Crippen molar-refractivity contribution in [1.29, 1.82) is 0 Å². The van der Waals surface area contributed by atoms with Gasteiger partial charge in [0.1, 0.15) is 12.4 Å². The summed E-state index contributed by atoms with van der Waals surface area (Å²) in [6, 6.07) is 2.59. The first-order valence-electron chi connectivity index (χ1n) is 8.33. The molecule has 1 N–H and O–H groups in total. The smallest absolute Gasteiger partial charge is 0.351 e. The third-order valence-electron chi connectivity index (χ3n) is 3.87. The van der Waals surface area contributed by atoms with E-state index >= 15 is 0 Å². The Morgan fingerprint density at radius 1 is 1.29 bits per heavy atom. The van der Waals surface area contributed by atoms with E-state index < -0.39 is 11.9 Å². The van der Waals surface area contributed by atoms with Gasteiger partial charge in [0.15, 0.2) is 5.69 Å². The number of nitrogens with zero attached hydrogens (tertiary/aromatic N) is 6. The zero-order valence-corrected chi connectivity index (χ0v) is 16.4. The van der Waals surface area contributed by atoms with E-state index in [-0.39, 0.29) is 18.1 Å². The summed E-state index contributed by atoms with van der Waals surface area (Å²) in [6.45, 7) is 2.48. The van der Waals surface area contributed by atoms with Gasteiger partial charge in [-0.15, -0.1) is 0 Å². The molecule has 0 saturated heterocycles. The maximum absolute atomic E-state index is 12.7. The Balaban J connectivity index is 1.47.